The van der Waals surface area contributed by atoms with Crippen LogP contribution >= 0.6 is 0 Å². The van der Waals surface area contributed by atoms with E-state index in [4.69, 9.17) is 10.5 Å². The van der Waals surface area contributed by atoms with Gasteiger partial charge in [-0.25, -0.2) is 0 Å². The number of hydrogen-bond acceptors (Lipinski definition) is 4. The molecule has 6 heteroatoms. The monoisotopic (exact) mass is 288 g/mol. The second-order valence-electron chi connectivity index (χ2n) is 4.89. The molecule has 6 nitrogen and oxygen atoms in total. The van der Waals surface area contributed by atoms with E-state index in [9.17, 15) is 4.79 Å². The van der Waals surface area contributed by atoms with E-state index >= 15 is 0 Å². The fourth-order valence-electron chi connectivity index (χ4n) is 2.02. The van der Waals surface area contributed by atoms with Crippen molar-refractivity contribution in [2.45, 2.75) is 20.3 Å². The smallest absolute Gasteiger partial charge is 0.227 e. The average Bonchev–Trinajstić information content (AvgIpc) is 2.65. The summed E-state index contributed by atoms with van der Waals surface area (Å²) < 4.78 is 7.24. The van der Waals surface area contributed by atoms with Crippen molar-refractivity contribution < 1.29 is 9.53 Å². The zero-order chi connectivity index (χ0) is 15.4. The van der Waals surface area contributed by atoms with Crippen molar-refractivity contribution in [1.82, 2.24) is 9.78 Å². The van der Waals surface area contributed by atoms with Crippen molar-refractivity contribution in [2.24, 2.45) is 7.05 Å². The number of nitrogens with two attached hydrogens (primary N) is 1. The molecule has 0 saturated heterocycles. The van der Waals surface area contributed by atoms with E-state index in [2.05, 4.69) is 10.4 Å². The third-order valence-electron chi connectivity index (χ3n) is 3.23. The highest BCUT2D eigenvalue weighted by atomic mass is 16.5. The second-order valence-corrected chi connectivity index (χ2v) is 4.89. The predicted molar refractivity (Wildman–Crippen MR) is 82.3 cm³/mol. The fraction of sp³-hybridized carbons (Fsp3) is 0.333. The highest BCUT2D eigenvalue weighted by Crippen LogP contribution is 2.18. The summed E-state index contributed by atoms with van der Waals surface area (Å²) in [6, 6.07) is 7.14. The molecular formula is C15H20N4O2. The van der Waals surface area contributed by atoms with Crippen LogP contribution in [0.4, 0.5) is 11.4 Å². The lowest BCUT2D eigenvalue weighted by Gasteiger charge is -2.08. The molecule has 0 aliphatic heterocycles. The number of amides is 1. The molecule has 1 aromatic heterocycles. The Balaban J connectivity index is 1.85. The summed E-state index contributed by atoms with van der Waals surface area (Å²) in [6.45, 7) is 4.08. The van der Waals surface area contributed by atoms with Crippen molar-refractivity contribution >= 4 is 17.3 Å². The first-order valence-electron chi connectivity index (χ1n) is 6.75. The number of nitrogens with zero attached hydrogens (tertiary/aromatic N) is 2. The molecule has 0 aliphatic carbocycles. The van der Waals surface area contributed by atoms with Crippen LogP contribution in [0.25, 0.3) is 0 Å². The molecule has 0 aliphatic rings. The SMILES string of the molecule is Cc1nn(C)c(C)c1NC(=O)CCOc1cccc(N)c1. The van der Waals surface area contributed by atoms with Gasteiger partial charge in [0.2, 0.25) is 5.91 Å². The lowest BCUT2D eigenvalue weighted by atomic mass is 10.3. The summed E-state index contributed by atoms with van der Waals surface area (Å²) in [5.74, 6) is 0.564. The number of benzene rings is 1. The molecule has 21 heavy (non-hydrogen) atoms. The summed E-state index contributed by atoms with van der Waals surface area (Å²) in [4.78, 5) is 11.9. The minimum atomic E-state index is -0.0990. The lowest BCUT2D eigenvalue weighted by molar-refractivity contribution is -0.116. The molecule has 1 heterocycles. The highest BCUT2D eigenvalue weighted by molar-refractivity contribution is 5.91. The molecule has 1 amide bonds. The second kappa shape index (κ2) is 6.30. The zero-order valence-electron chi connectivity index (χ0n) is 12.5. The van der Waals surface area contributed by atoms with Gasteiger partial charge in [-0.2, -0.15) is 5.10 Å². The number of nitrogens with one attached hydrogen (secondary N) is 1. The molecule has 2 aromatic rings. The standard InChI is InChI=1S/C15H20N4O2/c1-10-15(11(2)19(3)18-10)17-14(20)7-8-21-13-6-4-5-12(16)9-13/h4-6,9H,7-8,16H2,1-3H3,(H,17,20). The maximum atomic E-state index is 11.9. The Kier molecular flexibility index (Phi) is 4.47. The molecule has 2 rings (SSSR count). The molecule has 0 spiro atoms. The van der Waals surface area contributed by atoms with E-state index in [1.54, 1.807) is 16.8 Å². The fourth-order valence-corrected chi connectivity index (χ4v) is 2.02. The normalized spacial score (nSPS) is 10.4. The molecule has 1 aromatic carbocycles. The van der Waals surface area contributed by atoms with E-state index in [0.717, 1.165) is 17.1 Å². The van der Waals surface area contributed by atoms with Gasteiger partial charge in [-0.15, -0.1) is 0 Å². The van der Waals surface area contributed by atoms with Crippen LogP contribution in [0.15, 0.2) is 24.3 Å². The number of carbonyl (C=O) groups excluding carboxylic acids is 1. The molecule has 0 atom stereocenters. The minimum Gasteiger partial charge on any atom is -0.493 e. The average molecular weight is 288 g/mol. The molecule has 0 unspecified atom stereocenters. The quantitative estimate of drug-likeness (QED) is 0.825. The van der Waals surface area contributed by atoms with Crippen molar-refractivity contribution in [3.63, 3.8) is 0 Å². The number of nitrogen functional groups attached to an aromatic ring is 1. The van der Waals surface area contributed by atoms with E-state index in [1.165, 1.54) is 0 Å². The lowest BCUT2D eigenvalue weighted by Crippen LogP contribution is -2.16. The summed E-state index contributed by atoms with van der Waals surface area (Å²) >= 11 is 0. The van der Waals surface area contributed by atoms with E-state index < -0.39 is 0 Å². The van der Waals surface area contributed by atoms with Gasteiger partial charge in [0.05, 0.1) is 30.1 Å². The van der Waals surface area contributed by atoms with Crippen LogP contribution in [0, 0.1) is 13.8 Å². The Morgan fingerprint density at radius 1 is 1.43 bits per heavy atom. The van der Waals surface area contributed by atoms with Gasteiger partial charge in [0.1, 0.15) is 5.75 Å². The van der Waals surface area contributed by atoms with Crippen molar-refractivity contribution in [2.75, 3.05) is 17.7 Å². The first-order chi connectivity index (χ1) is 9.97. The molecule has 0 bridgehead atoms. The molecule has 112 valence electrons. The topological polar surface area (TPSA) is 82.2 Å². The molecule has 0 fully saturated rings. The highest BCUT2D eigenvalue weighted by Gasteiger charge is 2.12. The van der Waals surface area contributed by atoms with Gasteiger partial charge in [-0.1, -0.05) is 6.07 Å². The number of rotatable bonds is 5. The van der Waals surface area contributed by atoms with Gasteiger partial charge >= 0.3 is 0 Å². The summed E-state index contributed by atoms with van der Waals surface area (Å²) in [7, 11) is 1.85. The Labute approximate surface area is 123 Å². The van der Waals surface area contributed by atoms with Crippen LogP contribution in [0.2, 0.25) is 0 Å². The van der Waals surface area contributed by atoms with E-state index in [1.807, 2.05) is 33.0 Å². The van der Waals surface area contributed by atoms with Gasteiger partial charge in [0.15, 0.2) is 0 Å². The molecule has 3 N–H and O–H groups in total. The van der Waals surface area contributed by atoms with Crippen LogP contribution < -0.4 is 15.8 Å². The molecule has 0 saturated carbocycles. The Morgan fingerprint density at radius 3 is 2.81 bits per heavy atom. The first-order valence-corrected chi connectivity index (χ1v) is 6.75. The number of anilines is 2. The minimum absolute atomic E-state index is 0.0990. The molecule has 0 radical (unpaired) electrons. The number of aryl methyl sites for hydroxylation is 2. The Hall–Kier alpha value is -2.50. The van der Waals surface area contributed by atoms with Crippen molar-refractivity contribution in [3.8, 4) is 5.75 Å². The van der Waals surface area contributed by atoms with Crippen LogP contribution in [0.5, 0.6) is 5.75 Å². The predicted octanol–water partition coefficient (Wildman–Crippen LogP) is 2.03. The maximum Gasteiger partial charge on any atom is 0.227 e. The number of carbonyl (C=O) groups is 1. The third-order valence-corrected chi connectivity index (χ3v) is 3.23. The van der Waals surface area contributed by atoms with Crippen LogP contribution in [-0.4, -0.2) is 22.3 Å². The van der Waals surface area contributed by atoms with Gasteiger partial charge in [0.25, 0.3) is 0 Å². The van der Waals surface area contributed by atoms with Crippen LogP contribution in [0.1, 0.15) is 17.8 Å². The zero-order valence-corrected chi connectivity index (χ0v) is 12.5. The summed E-state index contributed by atoms with van der Waals surface area (Å²) in [5.41, 5.74) is 8.80. The number of hydrogen-bond donors (Lipinski definition) is 2. The summed E-state index contributed by atoms with van der Waals surface area (Å²) in [5, 5.41) is 7.13. The van der Waals surface area contributed by atoms with Gasteiger partial charge in [-0.3, -0.25) is 9.48 Å². The van der Waals surface area contributed by atoms with Gasteiger partial charge < -0.3 is 15.8 Å². The van der Waals surface area contributed by atoms with Gasteiger partial charge in [0, 0.05) is 18.8 Å². The summed E-state index contributed by atoms with van der Waals surface area (Å²) in [6.07, 6.45) is 0.266. The maximum absolute atomic E-state index is 11.9. The van der Waals surface area contributed by atoms with Crippen molar-refractivity contribution in [3.05, 3.63) is 35.7 Å². The Bertz CT molecular complexity index is 649. The molecular weight excluding hydrogens is 268 g/mol. The number of aromatic nitrogens is 2. The Morgan fingerprint density at radius 2 is 2.19 bits per heavy atom. The van der Waals surface area contributed by atoms with Crippen molar-refractivity contribution in [1.29, 1.82) is 0 Å². The third kappa shape index (κ3) is 3.75. The first kappa shape index (κ1) is 14.9. The van der Waals surface area contributed by atoms with E-state index in [0.29, 0.717) is 18.0 Å². The van der Waals surface area contributed by atoms with Gasteiger partial charge in [-0.05, 0) is 26.0 Å². The largest absolute Gasteiger partial charge is 0.493 e. The number of ether oxygens (including phenoxy) is 1. The van der Waals surface area contributed by atoms with Crippen LogP contribution in [0.3, 0.4) is 0 Å². The van der Waals surface area contributed by atoms with E-state index in [-0.39, 0.29) is 12.3 Å². The van der Waals surface area contributed by atoms with Crippen LogP contribution in [-0.2, 0) is 11.8 Å².